The summed E-state index contributed by atoms with van der Waals surface area (Å²) in [6, 6.07) is 1.89. The molecule has 0 saturated carbocycles. The van der Waals surface area contributed by atoms with E-state index in [1.807, 2.05) is 6.04 Å². The fourth-order valence-electron chi connectivity index (χ4n) is 0. The van der Waals surface area contributed by atoms with Gasteiger partial charge in [-0.2, -0.15) is 0 Å². The Balaban J connectivity index is 2.94. The van der Waals surface area contributed by atoms with E-state index in [0.717, 1.165) is 0 Å². The molecular weight excluding hydrogens is 109 g/mol. The first kappa shape index (κ1) is 4.94. The minimum atomic E-state index is 0.597. The number of halogens is 2. The van der Waals surface area contributed by atoms with Crippen LogP contribution >= 0.6 is 23.6 Å². The molecule has 0 unspecified atom stereocenters. The third-order valence-electron chi connectivity index (χ3n) is 0.0976. The van der Waals surface area contributed by atoms with Crippen LogP contribution in [0.3, 0.4) is 0 Å². The summed E-state index contributed by atoms with van der Waals surface area (Å²) >= 11 is 9.65. The third-order valence-corrected chi connectivity index (χ3v) is 0.293. The van der Waals surface area contributed by atoms with Gasteiger partial charge in [0.2, 0.25) is 0 Å². The third kappa shape index (κ3) is 3.94. The SMILES string of the molecule is C#CN(Cl)Cl. The van der Waals surface area contributed by atoms with Gasteiger partial charge in [0.05, 0.1) is 0 Å². The molecule has 0 rings (SSSR count). The second-order valence-electron chi connectivity index (χ2n) is 0.362. The molecule has 5 heavy (non-hydrogen) atoms. The molecule has 28 valence electrons. The van der Waals surface area contributed by atoms with Crippen LogP contribution in [0.4, 0.5) is 0 Å². The van der Waals surface area contributed by atoms with Crippen molar-refractivity contribution in [3.05, 3.63) is 0 Å². The highest BCUT2D eigenvalue weighted by molar-refractivity contribution is 6.35. The van der Waals surface area contributed by atoms with E-state index < -0.39 is 0 Å². The summed E-state index contributed by atoms with van der Waals surface area (Å²) in [4.78, 5) is 0. The van der Waals surface area contributed by atoms with Gasteiger partial charge in [0.1, 0.15) is 0 Å². The Morgan fingerprint density at radius 3 is 1.80 bits per heavy atom. The summed E-state index contributed by atoms with van der Waals surface area (Å²) in [6.07, 6.45) is 4.58. The highest BCUT2D eigenvalue weighted by Crippen LogP contribution is 1.91. The molecule has 0 radical (unpaired) electrons. The molecule has 0 atom stereocenters. The quantitative estimate of drug-likeness (QED) is 0.257. The van der Waals surface area contributed by atoms with Crippen molar-refractivity contribution in [2.75, 3.05) is 0 Å². The fraction of sp³-hybridized carbons (Fsp3) is 0. The molecule has 0 aliphatic carbocycles. The Kier molecular flexibility index (Phi) is 2.17. The van der Waals surface area contributed by atoms with E-state index in [0.29, 0.717) is 3.94 Å². The lowest BCUT2D eigenvalue weighted by atomic mass is 11.2. The number of terminal acetylenes is 1. The largest absolute Gasteiger partial charge is 0.148 e. The van der Waals surface area contributed by atoms with Crippen LogP contribution in [-0.4, -0.2) is 3.94 Å². The smallest absolute Gasteiger partial charge is 0.0395 e. The molecule has 0 N–H and O–H groups in total. The average Bonchev–Trinajstić information content (AvgIpc) is 1.38. The first-order chi connectivity index (χ1) is 2.27. The molecule has 0 aliphatic heterocycles. The summed E-state index contributed by atoms with van der Waals surface area (Å²) < 4.78 is 0.597. The topological polar surface area (TPSA) is 3.24 Å². The molecule has 0 aromatic rings. The standard InChI is InChI=1S/C2HCl2N/c1-2-5(3)4/h1H. The van der Waals surface area contributed by atoms with E-state index in [-0.39, 0.29) is 0 Å². The van der Waals surface area contributed by atoms with Crippen LogP contribution in [0.25, 0.3) is 0 Å². The number of hydrogen-bond acceptors (Lipinski definition) is 1. The van der Waals surface area contributed by atoms with Gasteiger partial charge in [0, 0.05) is 29.6 Å². The molecule has 1 nitrogen and oxygen atoms in total. The minimum absolute atomic E-state index is 0.597. The number of rotatable bonds is 0. The zero-order chi connectivity index (χ0) is 4.28. The van der Waals surface area contributed by atoms with Gasteiger partial charge in [0.15, 0.2) is 0 Å². The molecular formula is C2HCl2N. The predicted octanol–water partition coefficient (Wildman–Crippen LogP) is 1.19. The molecule has 0 heterocycles. The highest BCUT2D eigenvalue weighted by Gasteiger charge is 1.72. The van der Waals surface area contributed by atoms with E-state index in [1.54, 1.807) is 0 Å². The fourth-order valence-corrected chi connectivity index (χ4v) is 0. The second kappa shape index (κ2) is 2.19. The van der Waals surface area contributed by atoms with Crippen molar-refractivity contribution in [2.45, 2.75) is 0 Å². The summed E-state index contributed by atoms with van der Waals surface area (Å²) in [5.41, 5.74) is 0. The number of hydrogen-bond donors (Lipinski definition) is 0. The monoisotopic (exact) mass is 109 g/mol. The zero-order valence-corrected chi connectivity index (χ0v) is 3.79. The average molecular weight is 110 g/mol. The van der Waals surface area contributed by atoms with Crippen LogP contribution in [0.1, 0.15) is 0 Å². The first-order valence-electron chi connectivity index (χ1n) is 0.850. The van der Waals surface area contributed by atoms with E-state index in [2.05, 4.69) is 6.42 Å². The number of nitrogens with zero attached hydrogens (tertiary/aromatic N) is 1. The van der Waals surface area contributed by atoms with Crippen molar-refractivity contribution in [2.24, 2.45) is 0 Å². The summed E-state index contributed by atoms with van der Waals surface area (Å²) in [6.45, 7) is 0. The van der Waals surface area contributed by atoms with Crippen molar-refractivity contribution in [3.63, 3.8) is 0 Å². The molecule has 3 heteroatoms. The Morgan fingerprint density at radius 2 is 1.80 bits per heavy atom. The molecule has 0 aromatic heterocycles. The van der Waals surface area contributed by atoms with E-state index in [4.69, 9.17) is 23.6 Å². The van der Waals surface area contributed by atoms with Crippen LogP contribution in [-0.2, 0) is 0 Å². The van der Waals surface area contributed by atoms with Crippen molar-refractivity contribution < 1.29 is 0 Å². The van der Waals surface area contributed by atoms with Crippen LogP contribution < -0.4 is 0 Å². The highest BCUT2D eigenvalue weighted by atomic mass is 35.5. The maximum Gasteiger partial charge on any atom is 0.0395 e. The molecule has 0 saturated heterocycles. The van der Waals surface area contributed by atoms with Gasteiger partial charge in [0.25, 0.3) is 0 Å². The van der Waals surface area contributed by atoms with E-state index >= 15 is 0 Å². The normalized spacial score (nSPS) is 5.80. The molecule has 0 bridgehead atoms. The van der Waals surface area contributed by atoms with Crippen molar-refractivity contribution in [1.29, 1.82) is 0 Å². The van der Waals surface area contributed by atoms with Crippen LogP contribution in [0.15, 0.2) is 0 Å². The Labute approximate surface area is 40.7 Å². The van der Waals surface area contributed by atoms with Gasteiger partial charge < -0.3 is 0 Å². The lowest BCUT2D eigenvalue weighted by Crippen LogP contribution is -1.77. The minimum Gasteiger partial charge on any atom is -0.148 e. The van der Waals surface area contributed by atoms with Crippen molar-refractivity contribution >= 4 is 23.6 Å². The lowest BCUT2D eigenvalue weighted by Gasteiger charge is -1.82. The molecule has 0 spiro atoms. The van der Waals surface area contributed by atoms with Gasteiger partial charge in [-0.15, -0.1) is 3.94 Å². The second-order valence-corrected chi connectivity index (χ2v) is 1.21. The summed E-state index contributed by atoms with van der Waals surface area (Å²) in [5.74, 6) is 0. The molecule has 0 amide bonds. The van der Waals surface area contributed by atoms with E-state index in [9.17, 15) is 0 Å². The van der Waals surface area contributed by atoms with Crippen LogP contribution in [0, 0.1) is 12.5 Å². The van der Waals surface area contributed by atoms with E-state index in [1.165, 1.54) is 0 Å². The summed E-state index contributed by atoms with van der Waals surface area (Å²) in [7, 11) is 0. The molecule has 0 fully saturated rings. The predicted molar refractivity (Wildman–Crippen MR) is 22.4 cm³/mol. The maximum absolute atomic E-state index is 4.82. The molecule has 0 aliphatic rings. The van der Waals surface area contributed by atoms with Gasteiger partial charge in [-0.3, -0.25) is 0 Å². The maximum atomic E-state index is 4.82. The Hall–Kier alpha value is -0.0600. The van der Waals surface area contributed by atoms with Crippen molar-refractivity contribution in [1.82, 2.24) is 3.94 Å². The lowest BCUT2D eigenvalue weighted by molar-refractivity contribution is 1.05. The Morgan fingerprint density at radius 1 is 1.60 bits per heavy atom. The van der Waals surface area contributed by atoms with Gasteiger partial charge in [-0.1, -0.05) is 6.42 Å². The Bertz CT molecular complexity index is 53.2. The summed E-state index contributed by atoms with van der Waals surface area (Å²) in [5, 5.41) is 0. The van der Waals surface area contributed by atoms with Crippen LogP contribution in [0.5, 0.6) is 0 Å². The van der Waals surface area contributed by atoms with Gasteiger partial charge in [-0.05, 0) is 0 Å². The molecule has 0 aromatic carbocycles. The van der Waals surface area contributed by atoms with Gasteiger partial charge in [-0.25, -0.2) is 0 Å². The zero-order valence-electron chi connectivity index (χ0n) is 2.28. The van der Waals surface area contributed by atoms with Crippen LogP contribution in [0.2, 0.25) is 0 Å². The first-order valence-corrected chi connectivity index (χ1v) is 1.53. The van der Waals surface area contributed by atoms with Crippen molar-refractivity contribution in [3.8, 4) is 12.5 Å². The van der Waals surface area contributed by atoms with Gasteiger partial charge >= 0.3 is 0 Å².